The van der Waals surface area contributed by atoms with E-state index in [9.17, 15) is 4.39 Å². The Hall–Kier alpha value is -1.38. The average molecular weight is 304 g/mol. The van der Waals surface area contributed by atoms with Crippen LogP contribution in [-0.2, 0) is 18.4 Å². The molecule has 0 fully saturated rings. The van der Waals surface area contributed by atoms with E-state index < -0.39 is 5.54 Å². The summed E-state index contributed by atoms with van der Waals surface area (Å²) in [6.45, 7) is 0. The predicted octanol–water partition coefficient (Wildman–Crippen LogP) is 4.60. The molecule has 0 heterocycles. The van der Waals surface area contributed by atoms with Gasteiger partial charge < -0.3 is 5.73 Å². The number of fused-ring (bicyclic) bond motifs is 1. The summed E-state index contributed by atoms with van der Waals surface area (Å²) in [4.78, 5) is 0. The molecule has 0 bridgehead atoms. The average Bonchev–Trinajstić information content (AvgIpc) is 2.63. The van der Waals surface area contributed by atoms with E-state index in [2.05, 4.69) is 12.1 Å². The Morgan fingerprint density at radius 1 is 1.14 bits per heavy atom. The van der Waals surface area contributed by atoms with Crippen LogP contribution in [0.1, 0.15) is 36.0 Å². The lowest BCUT2D eigenvalue weighted by molar-refractivity contribution is 0.392. The lowest BCUT2D eigenvalue weighted by Crippen LogP contribution is -2.39. The highest BCUT2D eigenvalue weighted by molar-refractivity contribution is 6.30. The van der Waals surface area contributed by atoms with E-state index in [4.69, 9.17) is 17.3 Å². The van der Waals surface area contributed by atoms with Gasteiger partial charge in [0, 0.05) is 10.6 Å². The van der Waals surface area contributed by atoms with E-state index in [1.165, 1.54) is 11.6 Å². The molecule has 0 saturated carbocycles. The van der Waals surface area contributed by atoms with Crippen LogP contribution in [-0.4, -0.2) is 0 Å². The lowest BCUT2D eigenvalue weighted by Gasteiger charge is -2.31. The van der Waals surface area contributed by atoms with Gasteiger partial charge in [0.1, 0.15) is 5.82 Å². The smallest absolute Gasteiger partial charge is 0.127 e. The van der Waals surface area contributed by atoms with Crippen LogP contribution in [0.15, 0.2) is 42.5 Å². The first-order valence-corrected chi connectivity index (χ1v) is 7.77. The van der Waals surface area contributed by atoms with Gasteiger partial charge in [-0.05, 0) is 54.5 Å². The van der Waals surface area contributed by atoms with Crippen molar-refractivity contribution in [2.75, 3.05) is 0 Å². The van der Waals surface area contributed by atoms with Crippen LogP contribution in [0, 0.1) is 5.82 Å². The summed E-state index contributed by atoms with van der Waals surface area (Å²) < 4.78 is 14.1. The Morgan fingerprint density at radius 2 is 1.95 bits per heavy atom. The maximum Gasteiger partial charge on any atom is 0.127 e. The van der Waals surface area contributed by atoms with Crippen LogP contribution >= 0.6 is 11.6 Å². The monoisotopic (exact) mass is 303 g/mol. The number of hydrogen-bond donors (Lipinski definition) is 1. The highest BCUT2D eigenvalue weighted by atomic mass is 35.5. The molecule has 3 rings (SSSR count). The van der Waals surface area contributed by atoms with Crippen LogP contribution < -0.4 is 5.73 Å². The highest BCUT2D eigenvalue weighted by Crippen LogP contribution is 2.35. The van der Waals surface area contributed by atoms with Crippen molar-refractivity contribution < 1.29 is 4.39 Å². The maximum atomic E-state index is 14.1. The van der Waals surface area contributed by atoms with Crippen molar-refractivity contribution in [1.82, 2.24) is 0 Å². The Kier molecular flexibility index (Phi) is 4.01. The first kappa shape index (κ1) is 14.6. The van der Waals surface area contributed by atoms with Crippen LogP contribution in [0.5, 0.6) is 0 Å². The molecule has 0 aliphatic heterocycles. The third kappa shape index (κ3) is 2.97. The van der Waals surface area contributed by atoms with Gasteiger partial charge in [0.05, 0.1) is 0 Å². The molecule has 110 valence electrons. The molecule has 2 aromatic carbocycles. The second-order valence-electron chi connectivity index (χ2n) is 5.93. The molecule has 0 radical (unpaired) electrons. The molecule has 0 amide bonds. The number of aryl methyl sites for hydroxylation is 1. The summed E-state index contributed by atoms with van der Waals surface area (Å²) in [5, 5.41) is 0.420. The number of benzene rings is 2. The maximum absolute atomic E-state index is 14.1. The molecule has 0 aromatic heterocycles. The Morgan fingerprint density at radius 3 is 2.76 bits per heavy atom. The summed E-state index contributed by atoms with van der Waals surface area (Å²) in [5.74, 6) is -0.269. The summed E-state index contributed by atoms with van der Waals surface area (Å²) in [6, 6.07) is 13.1. The van der Waals surface area contributed by atoms with Crippen LogP contribution in [0.25, 0.3) is 0 Å². The van der Waals surface area contributed by atoms with E-state index in [0.717, 1.165) is 31.2 Å². The van der Waals surface area contributed by atoms with Gasteiger partial charge in [-0.15, -0.1) is 0 Å². The largest absolute Gasteiger partial charge is 0.321 e. The molecule has 2 N–H and O–H groups in total. The van der Waals surface area contributed by atoms with Gasteiger partial charge in [0.25, 0.3) is 0 Å². The van der Waals surface area contributed by atoms with Crippen molar-refractivity contribution in [2.45, 2.75) is 37.6 Å². The summed E-state index contributed by atoms with van der Waals surface area (Å²) in [5.41, 5.74) is 9.31. The number of halogens is 2. The van der Waals surface area contributed by atoms with Gasteiger partial charge in [-0.3, -0.25) is 0 Å². The Bertz CT molecular complexity index is 655. The normalized spacial score (nSPS) is 21.7. The fourth-order valence-corrected chi connectivity index (χ4v) is 3.46. The van der Waals surface area contributed by atoms with Gasteiger partial charge >= 0.3 is 0 Å². The summed E-state index contributed by atoms with van der Waals surface area (Å²) in [6.07, 6.45) is 4.65. The van der Waals surface area contributed by atoms with Crippen molar-refractivity contribution >= 4 is 11.6 Å². The zero-order valence-electron chi connectivity index (χ0n) is 11.9. The molecule has 2 aromatic rings. The Labute approximate surface area is 129 Å². The number of rotatable bonds is 2. The first-order valence-electron chi connectivity index (χ1n) is 7.40. The van der Waals surface area contributed by atoms with E-state index in [1.807, 2.05) is 12.1 Å². The van der Waals surface area contributed by atoms with Crippen LogP contribution in [0.2, 0.25) is 5.02 Å². The minimum absolute atomic E-state index is 0.269. The fraction of sp³-hybridized carbons (Fsp3) is 0.333. The van der Waals surface area contributed by atoms with E-state index in [1.54, 1.807) is 12.1 Å². The molecule has 1 nitrogen and oxygen atoms in total. The number of nitrogens with two attached hydrogens (primary N) is 1. The van der Waals surface area contributed by atoms with Crippen molar-refractivity contribution in [2.24, 2.45) is 5.73 Å². The minimum Gasteiger partial charge on any atom is -0.321 e. The minimum atomic E-state index is -0.498. The molecule has 0 saturated heterocycles. The molecule has 0 spiro atoms. The number of hydrogen-bond acceptors (Lipinski definition) is 1. The van der Waals surface area contributed by atoms with Crippen molar-refractivity contribution in [3.63, 3.8) is 0 Å². The SMILES string of the molecule is NC1(Cc2ccc(Cl)cc2F)CCCCc2ccccc21. The van der Waals surface area contributed by atoms with Gasteiger partial charge in [0.2, 0.25) is 0 Å². The molecular weight excluding hydrogens is 285 g/mol. The van der Waals surface area contributed by atoms with Crippen LogP contribution in [0.4, 0.5) is 4.39 Å². The molecule has 1 aliphatic rings. The first-order chi connectivity index (χ1) is 10.1. The second kappa shape index (κ2) is 5.78. The quantitative estimate of drug-likeness (QED) is 0.806. The van der Waals surface area contributed by atoms with E-state index >= 15 is 0 Å². The predicted molar refractivity (Wildman–Crippen MR) is 85.0 cm³/mol. The van der Waals surface area contributed by atoms with Gasteiger partial charge in [-0.2, -0.15) is 0 Å². The molecule has 1 aliphatic carbocycles. The van der Waals surface area contributed by atoms with Gasteiger partial charge in [-0.1, -0.05) is 48.4 Å². The summed E-state index contributed by atoms with van der Waals surface area (Å²) in [7, 11) is 0. The third-order valence-electron chi connectivity index (χ3n) is 4.39. The zero-order chi connectivity index (χ0) is 14.9. The third-order valence-corrected chi connectivity index (χ3v) is 4.63. The standard InChI is InChI=1S/C18H19ClFN/c19-15-9-8-14(17(20)11-15)12-18(21)10-4-3-6-13-5-1-2-7-16(13)18/h1-2,5,7-9,11H,3-4,6,10,12,21H2. The van der Waals surface area contributed by atoms with Crippen LogP contribution in [0.3, 0.4) is 0 Å². The molecule has 3 heteroatoms. The van der Waals surface area contributed by atoms with Crippen molar-refractivity contribution in [3.8, 4) is 0 Å². The fourth-order valence-electron chi connectivity index (χ4n) is 3.30. The van der Waals surface area contributed by atoms with Gasteiger partial charge in [-0.25, -0.2) is 4.39 Å². The molecular formula is C18H19ClFN. The Balaban J connectivity index is 2.00. The lowest BCUT2D eigenvalue weighted by atomic mass is 9.80. The van der Waals surface area contributed by atoms with E-state index in [-0.39, 0.29) is 5.82 Å². The second-order valence-corrected chi connectivity index (χ2v) is 6.37. The molecule has 1 unspecified atom stereocenters. The molecule has 21 heavy (non-hydrogen) atoms. The zero-order valence-corrected chi connectivity index (χ0v) is 12.7. The topological polar surface area (TPSA) is 26.0 Å². The molecule has 1 atom stereocenters. The summed E-state index contributed by atoms with van der Waals surface area (Å²) >= 11 is 5.83. The highest BCUT2D eigenvalue weighted by Gasteiger charge is 2.32. The van der Waals surface area contributed by atoms with Crippen molar-refractivity contribution in [1.29, 1.82) is 0 Å². The van der Waals surface area contributed by atoms with E-state index in [0.29, 0.717) is 17.0 Å². The van der Waals surface area contributed by atoms with Gasteiger partial charge in [0.15, 0.2) is 0 Å². The van der Waals surface area contributed by atoms with Crippen molar-refractivity contribution in [3.05, 3.63) is 70.0 Å².